The van der Waals surface area contributed by atoms with Gasteiger partial charge >= 0.3 is 0 Å². The van der Waals surface area contributed by atoms with E-state index in [0.717, 1.165) is 10.2 Å². The van der Waals surface area contributed by atoms with Gasteiger partial charge in [0.2, 0.25) is 0 Å². The van der Waals surface area contributed by atoms with Gasteiger partial charge in [0.15, 0.2) is 0 Å². The summed E-state index contributed by atoms with van der Waals surface area (Å²) in [4.78, 5) is 1.18. The van der Waals surface area contributed by atoms with Crippen molar-refractivity contribution in [2.24, 2.45) is 5.84 Å². The fourth-order valence-corrected chi connectivity index (χ4v) is 2.00. The molecule has 0 radical (unpaired) electrons. The lowest BCUT2D eigenvalue weighted by Crippen LogP contribution is -2.35. The predicted molar refractivity (Wildman–Crippen MR) is 64.8 cm³/mol. The molecule has 0 aliphatic heterocycles. The van der Waals surface area contributed by atoms with Crippen LogP contribution in [0.3, 0.4) is 0 Å². The van der Waals surface area contributed by atoms with Gasteiger partial charge in [0.05, 0.1) is 6.04 Å². The molecule has 1 aromatic carbocycles. The molecule has 0 aliphatic carbocycles. The van der Waals surface area contributed by atoms with Crippen molar-refractivity contribution in [3.05, 3.63) is 28.7 Å². The van der Waals surface area contributed by atoms with Gasteiger partial charge in [-0.15, -0.1) is 18.2 Å². The Morgan fingerprint density at radius 3 is 2.64 bits per heavy atom. The first kappa shape index (κ1) is 11.6. The van der Waals surface area contributed by atoms with Crippen LogP contribution in [0, 0.1) is 12.3 Å². The van der Waals surface area contributed by atoms with E-state index >= 15 is 0 Å². The second-order valence-corrected chi connectivity index (χ2v) is 4.66. The Kier molecular flexibility index (Phi) is 5.05. The number of halogens is 1. The number of thioether (sulfide) groups is 1. The van der Waals surface area contributed by atoms with Crippen LogP contribution in [-0.4, -0.2) is 11.8 Å². The smallest absolute Gasteiger partial charge is 0.0908 e. The molecule has 0 heterocycles. The maximum atomic E-state index is 5.26. The third-order valence-electron chi connectivity index (χ3n) is 1.63. The zero-order chi connectivity index (χ0) is 10.4. The maximum absolute atomic E-state index is 5.26. The van der Waals surface area contributed by atoms with Gasteiger partial charge in [-0.25, -0.2) is 5.43 Å². The van der Waals surface area contributed by atoms with Gasteiger partial charge < -0.3 is 0 Å². The van der Waals surface area contributed by atoms with E-state index in [1.807, 2.05) is 24.3 Å². The average Bonchev–Trinajstić information content (AvgIpc) is 2.22. The van der Waals surface area contributed by atoms with Gasteiger partial charge in [0, 0.05) is 15.1 Å². The molecule has 1 unspecified atom stereocenters. The Balaban J connectivity index is 2.46. The summed E-state index contributed by atoms with van der Waals surface area (Å²) < 4.78 is 1.08. The second-order valence-electron chi connectivity index (χ2n) is 2.65. The van der Waals surface area contributed by atoms with E-state index in [0.29, 0.717) is 0 Å². The summed E-state index contributed by atoms with van der Waals surface area (Å²) in [5.74, 6) is 8.60. The Morgan fingerprint density at radius 2 is 2.14 bits per heavy atom. The van der Waals surface area contributed by atoms with Crippen LogP contribution >= 0.6 is 27.7 Å². The Hall–Kier alpha value is -0.470. The van der Waals surface area contributed by atoms with Crippen LogP contribution in [0.4, 0.5) is 0 Å². The number of rotatable bonds is 4. The van der Waals surface area contributed by atoms with Crippen molar-refractivity contribution in [3.8, 4) is 12.3 Å². The topological polar surface area (TPSA) is 38.0 Å². The minimum absolute atomic E-state index is 0.0800. The van der Waals surface area contributed by atoms with E-state index in [2.05, 4.69) is 27.3 Å². The van der Waals surface area contributed by atoms with E-state index in [1.165, 1.54) is 4.90 Å². The zero-order valence-electron chi connectivity index (χ0n) is 7.53. The van der Waals surface area contributed by atoms with Crippen molar-refractivity contribution in [1.82, 2.24) is 5.43 Å². The summed E-state index contributed by atoms with van der Waals surface area (Å²) in [7, 11) is 0. The minimum atomic E-state index is -0.0800. The highest BCUT2D eigenvalue weighted by Gasteiger charge is 2.02. The molecule has 1 rings (SSSR count). The molecule has 0 aliphatic rings. The molecule has 0 saturated carbocycles. The summed E-state index contributed by atoms with van der Waals surface area (Å²) in [6.45, 7) is 0. The molecule has 1 atom stereocenters. The summed E-state index contributed by atoms with van der Waals surface area (Å²) >= 11 is 5.06. The highest BCUT2D eigenvalue weighted by Crippen LogP contribution is 2.20. The highest BCUT2D eigenvalue weighted by atomic mass is 79.9. The summed E-state index contributed by atoms with van der Waals surface area (Å²) in [5.41, 5.74) is 2.57. The Bertz CT molecular complexity index is 318. The average molecular weight is 271 g/mol. The fourth-order valence-electron chi connectivity index (χ4n) is 0.855. The molecule has 74 valence electrons. The lowest BCUT2D eigenvalue weighted by Gasteiger charge is -2.08. The second kappa shape index (κ2) is 6.10. The summed E-state index contributed by atoms with van der Waals surface area (Å²) in [5, 5.41) is 0. The number of hydrogen-bond acceptors (Lipinski definition) is 3. The van der Waals surface area contributed by atoms with Crippen LogP contribution in [0.5, 0.6) is 0 Å². The number of nitrogens with two attached hydrogens (primary N) is 1. The van der Waals surface area contributed by atoms with Crippen LogP contribution in [-0.2, 0) is 0 Å². The van der Waals surface area contributed by atoms with Gasteiger partial charge in [0.1, 0.15) is 0 Å². The minimum Gasteiger partial charge on any atom is -0.270 e. The maximum Gasteiger partial charge on any atom is 0.0908 e. The first-order valence-corrected chi connectivity index (χ1v) is 5.84. The summed E-state index contributed by atoms with van der Waals surface area (Å²) in [6.07, 6.45) is 5.26. The third-order valence-corrected chi connectivity index (χ3v) is 3.27. The number of terminal acetylenes is 1. The van der Waals surface area contributed by atoms with Crippen molar-refractivity contribution < 1.29 is 0 Å². The third kappa shape index (κ3) is 3.72. The van der Waals surface area contributed by atoms with Crippen LogP contribution in [0.2, 0.25) is 0 Å². The van der Waals surface area contributed by atoms with E-state index in [1.54, 1.807) is 11.8 Å². The molecule has 4 heteroatoms. The van der Waals surface area contributed by atoms with Crippen LogP contribution in [0.25, 0.3) is 0 Å². The largest absolute Gasteiger partial charge is 0.270 e. The number of nitrogens with one attached hydrogen (secondary N) is 1. The quantitative estimate of drug-likeness (QED) is 0.381. The lowest BCUT2D eigenvalue weighted by atomic mass is 10.4. The first-order valence-electron chi connectivity index (χ1n) is 4.07. The van der Waals surface area contributed by atoms with Gasteiger partial charge in [0.25, 0.3) is 0 Å². The molecule has 2 nitrogen and oxygen atoms in total. The van der Waals surface area contributed by atoms with E-state index < -0.39 is 0 Å². The lowest BCUT2D eigenvalue weighted by molar-refractivity contribution is 0.694. The monoisotopic (exact) mass is 270 g/mol. The molecule has 0 aromatic heterocycles. The molecule has 0 spiro atoms. The number of benzene rings is 1. The number of hydrogen-bond donors (Lipinski definition) is 2. The van der Waals surface area contributed by atoms with Gasteiger partial charge in [-0.1, -0.05) is 21.9 Å². The fraction of sp³-hybridized carbons (Fsp3) is 0.200. The molecule has 0 saturated heterocycles. The molecule has 0 fully saturated rings. The van der Waals surface area contributed by atoms with E-state index in [4.69, 9.17) is 12.3 Å². The molecule has 1 aromatic rings. The predicted octanol–water partition coefficient (Wildman–Crippen LogP) is 2.01. The first-order chi connectivity index (χ1) is 6.76. The highest BCUT2D eigenvalue weighted by molar-refractivity contribution is 9.10. The molecular formula is C10H11BrN2S. The Labute approximate surface area is 96.7 Å². The normalized spacial score (nSPS) is 12.1. The van der Waals surface area contributed by atoms with Crippen molar-refractivity contribution in [2.75, 3.05) is 5.75 Å². The van der Waals surface area contributed by atoms with Crippen molar-refractivity contribution in [2.45, 2.75) is 10.9 Å². The molecular weight excluding hydrogens is 260 g/mol. The SMILES string of the molecule is C#CC(CSc1ccc(Br)cc1)NN. The summed E-state index contributed by atoms with van der Waals surface area (Å²) in [6, 6.07) is 8.01. The van der Waals surface area contributed by atoms with Gasteiger partial charge in [-0.2, -0.15) is 0 Å². The molecule has 0 bridgehead atoms. The van der Waals surface area contributed by atoms with Crippen molar-refractivity contribution in [3.63, 3.8) is 0 Å². The van der Waals surface area contributed by atoms with Crippen LogP contribution in [0.1, 0.15) is 0 Å². The number of hydrazine groups is 1. The Morgan fingerprint density at radius 1 is 1.50 bits per heavy atom. The van der Waals surface area contributed by atoms with E-state index in [-0.39, 0.29) is 6.04 Å². The van der Waals surface area contributed by atoms with Gasteiger partial charge in [-0.05, 0) is 24.3 Å². The molecule has 14 heavy (non-hydrogen) atoms. The molecule has 3 N–H and O–H groups in total. The van der Waals surface area contributed by atoms with Crippen molar-refractivity contribution >= 4 is 27.7 Å². The molecule has 0 amide bonds. The van der Waals surface area contributed by atoms with Crippen LogP contribution < -0.4 is 11.3 Å². The van der Waals surface area contributed by atoms with Gasteiger partial charge in [-0.3, -0.25) is 5.84 Å². The van der Waals surface area contributed by atoms with Crippen molar-refractivity contribution in [1.29, 1.82) is 0 Å². The standard InChI is InChI=1S/C10H11BrN2S/c1-2-9(13-12)7-14-10-5-3-8(11)4-6-10/h1,3-6,9,13H,7,12H2. The van der Waals surface area contributed by atoms with E-state index in [9.17, 15) is 0 Å². The zero-order valence-corrected chi connectivity index (χ0v) is 9.94. The van der Waals surface area contributed by atoms with Crippen LogP contribution in [0.15, 0.2) is 33.6 Å².